The Hall–Kier alpha value is -3.07. The van der Waals surface area contributed by atoms with Gasteiger partial charge in [-0.2, -0.15) is 0 Å². The standard InChI is InChI=1S/C22H21NO2/c1-18-10-8-9-15-22(18)24-17-21(20-13-6-3-7-14-20)23-25-16-19-11-4-2-5-12-19/h2-15H,16-17H2,1H3. The van der Waals surface area contributed by atoms with Crippen LogP contribution in [0.15, 0.2) is 90.1 Å². The van der Waals surface area contributed by atoms with E-state index >= 15 is 0 Å². The highest BCUT2D eigenvalue weighted by Gasteiger charge is 2.07. The second-order valence-electron chi connectivity index (χ2n) is 5.72. The smallest absolute Gasteiger partial charge is 0.142 e. The maximum absolute atomic E-state index is 5.95. The quantitative estimate of drug-likeness (QED) is 0.451. The van der Waals surface area contributed by atoms with Crippen molar-refractivity contribution in [3.05, 3.63) is 102 Å². The van der Waals surface area contributed by atoms with Crippen LogP contribution < -0.4 is 4.74 Å². The normalized spacial score (nSPS) is 11.2. The first-order valence-corrected chi connectivity index (χ1v) is 8.29. The lowest BCUT2D eigenvalue weighted by Gasteiger charge is -2.11. The van der Waals surface area contributed by atoms with E-state index in [1.807, 2.05) is 91.9 Å². The molecular formula is C22H21NO2. The molecule has 0 atom stereocenters. The van der Waals surface area contributed by atoms with E-state index in [9.17, 15) is 0 Å². The van der Waals surface area contributed by atoms with Crippen molar-refractivity contribution < 1.29 is 9.57 Å². The third-order valence-electron chi connectivity index (χ3n) is 3.81. The van der Waals surface area contributed by atoms with E-state index in [1.165, 1.54) is 0 Å². The van der Waals surface area contributed by atoms with Crippen molar-refractivity contribution in [1.82, 2.24) is 0 Å². The van der Waals surface area contributed by atoms with Crippen molar-refractivity contribution in [3.63, 3.8) is 0 Å². The van der Waals surface area contributed by atoms with E-state index < -0.39 is 0 Å². The van der Waals surface area contributed by atoms with Crippen molar-refractivity contribution in [3.8, 4) is 5.75 Å². The molecule has 0 unspecified atom stereocenters. The molecule has 0 aromatic heterocycles. The van der Waals surface area contributed by atoms with Crippen LogP contribution >= 0.6 is 0 Å². The van der Waals surface area contributed by atoms with Gasteiger partial charge >= 0.3 is 0 Å². The maximum Gasteiger partial charge on any atom is 0.142 e. The van der Waals surface area contributed by atoms with Crippen LogP contribution in [0.3, 0.4) is 0 Å². The Bertz CT molecular complexity index is 814. The minimum absolute atomic E-state index is 0.351. The SMILES string of the molecule is Cc1ccccc1OCC(=NOCc1ccccc1)c1ccccc1. The van der Waals surface area contributed by atoms with Gasteiger partial charge in [0.15, 0.2) is 0 Å². The molecule has 3 aromatic carbocycles. The molecule has 0 aliphatic rings. The molecule has 0 aliphatic heterocycles. The minimum Gasteiger partial charge on any atom is -0.487 e. The van der Waals surface area contributed by atoms with Crippen LogP contribution in [0.2, 0.25) is 0 Å². The van der Waals surface area contributed by atoms with Crippen LogP contribution in [0.4, 0.5) is 0 Å². The molecule has 0 N–H and O–H groups in total. The van der Waals surface area contributed by atoms with E-state index in [1.54, 1.807) is 0 Å². The molecule has 0 amide bonds. The monoisotopic (exact) mass is 331 g/mol. The van der Waals surface area contributed by atoms with Gasteiger partial charge in [0, 0.05) is 5.56 Å². The maximum atomic E-state index is 5.95. The van der Waals surface area contributed by atoms with Crippen LogP contribution in [-0.4, -0.2) is 12.3 Å². The lowest BCUT2D eigenvalue weighted by atomic mass is 10.1. The molecular weight excluding hydrogens is 310 g/mol. The molecule has 0 saturated carbocycles. The first-order chi connectivity index (χ1) is 12.3. The summed E-state index contributed by atoms with van der Waals surface area (Å²) in [6.07, 6.45) is 0. The lowest BCUT2D eigenvalue weighted by molar-refractivity contribution is 0.129. The third kappa shape index (κ3) is 4.95. The summed E-state index contributed by atoms with van der Waals surface area (Å²) in [4.78, 5) is 5.56. The Kier molecular flexibility index (Phi) is 5.83. The molecule has 25 heavy (non-hydrogen) atoms. The fourth-order valence-electron chi connectivity index (χ4n) is 2.42. The summed E-state index contributed by atoms with van der Waals surface area (Å²) in [5.74, 6) is 0.856. The third-order valence-corrected chi connectivity index (χ3v) is 3.81. The summed E-state index contributed by atoms with van der Waals surface area (Å²) in [7, 11) is 0. The number of ether oxygens (including phenoxy) is 1. The van der Waals surface area contributed by atoms with Gasteiger partial charge < -0.3 is 9.57 Å². The molecule has 3 aromatic rings. The number of benzene rings is 3. The van der Waals surface area contributed by atoms with Crippen LogP contribution in [0.1, 0.15) is 16.7 Å². The Labute approximate surface area is 148 Å². The van der Waals surface area contributed by atoms with Crippen molar-refractivity contribution >= 4 is 5.71 Å². The zero-order valence-corrected chi connectivity index (χ0v) is 14.3. The van der Waals surface area contributed by atoms with Gasteiger partial charge in [0.25, 0.3) is 0 Å². The fraction of sp³-hybridized carbons (Fsp3) is 0.136. The number of hydrogen-bond donors (Lipinski definition) is 0. The van der Waals surface area contributed by atoms with E-state index in [0.717, 1.165) is 28.2 Å². The first-order valence-electron chi connectivity index (χ1n) is 8.29. The van der Waals surface area contributed by atoms with Gasteiger partial charge in [0.2, 0.25) is 0 Å². The predicted molar refractivity (Wildman–Crippen MR) is 101 cm³/mol. The molecule has 3 nitrogen and oxygen atoms in total. The zero-order chi connectivity index (χ0) is 17.3. The summed E-state index contributed by atoms with van der Waals surface area (Å²) < 4.78 is 5.95. The van der Waals surface area contributed by atoms with Gasteiger partial charge in [-0.1, -0.05) is 84.0 Å². The summed E-state index contributed by atoms with van der Waals surface area (Å²) in [6, 6.07) is 27.9. The van der Waals surface area contributed by atoms with Gasteiger partial charge in [0.1, 0.15) is 24.7 Å². The first kappa shape index (κ1) is 16.8. The predicted octanol–water partition coefficient (Wildman–Crippen LogP) is 4.99. The van der Waals surface area contributed by atoms with Gasteiger partial charge in [-0.05, 0) is 24.1 Å². The zero-order valence-electron chi connectivity index (χ0n) is 14.3. The largest absolute Gasteiger partial charge is 0.487 e. The van der Waals surface area contributed by atoms with Crippen LogP contribution in [-0.2, 0) is 11.4 Å². The second-order valence-corrected chi connectivity index (χ2v) is 5.72. The number of aryl methyl sites for hydroxylation is 1. The molecule has 126 valence electrons. The average Bonchev–Trinajstić information content (AvgIpc) is 2.67. The van der Waals surface area contributed by atoms with Gasteiger partial charge in [-0.3, -0.25) is 0 Å². The average molecular weight is 331 g/mol. The van der Waals surface area contributed by atoms with Crippen molar-refractivity contribution in [1.29, 1.82) is 0 Å². The molecule has 3 rings (SSSR count). The van der Waals surface area contributed by atoms with E-state index in [4.69, 9.17) is 9.57 Å². The van der Waals surface area contributed by atoms with Crippen LogP contribution in [0, 0.1) is 6.92 Å². The lowest BCUT2D eigenvalue weighted by Crippen LogP contribution is -2.14. The molecule has 0 saturated heterocycles. The minimum atomic E-state index is 0.351. The summed E-state index contributed by atoms with van der Waals surface area (Å²) in [5.41, 5.74) is 3.93. The molecule has 3 heteroatoms. The molecule has 0 heterocycles. The second kappa shape index (κ2) is 8.69. The number of para-hydroxylation sites is 1. The number of hydrogen-bond acceptors (Lipinski definition) is 3. The van der Waals surface area contributed by atoms with E-state index in [2.05, 4.69) is 5.16 Å². The highest BCUT2D eigenvalue weighted by Crippen LogP contribution is 2.17. The molecule has 0 radical (unpaired) electrons. The molecule has 0 bridgehead atoms. The Balaban J connectivity index is 1.71. The Morgan fingerprint density at radius 3 is 2.16 bits per heavy atom. The van der Waals surface area contributed by atoms with Gasteiger partial charge in [-0.25, -0.2) is 0 Å². The Morgan fingerprint density at radius 2 is 1.44 bits per heavy atom. The summed E-state index contributed by atoms with van der Waals surface area (Å²) >= 11 is 0. The molecule has 0 aliphatic carbocycles. The summed E-state index contributed by atoms with van der Waals surface area (Å²) in [5, 5.41) is 4.33. The number of nitrogens with zero attached hydrogens (tertiary/aromatic N) is 1. The van der Waals surface area contributed by atoms with Crippen molar-refractivity contribution in [2.45, 2.75) is 13.5 Å². The van der Waals surface area contributed by atoms with Crippen molar-refractivity contribution in [2.24, 2.45) is 5.16 Å². The van der Waals surface area contributed by atoms with Crippen molar-refractivity contribution in [2.75, 3.05) is 6.61 Å². The van der Waals surface area contributed by atoms with Crippen LogP contribution in [0.25, 0.3) is 0 Å². The fourth-order valence-corrected chi connectivity index (χ4v) is 2.42. The van der Waals surface area contributed by atoms with E-state index in [-0.39, 0.29) is 0 Å². The van der Waals surface area contributed by atoms with E-state index in [0.29, 0.717) is 13.2 Å². The van der Waals surface area contributed by atoms with Gasteiger partial charge in [-0.15, -0.1) is 0 Å². The molecule has 0 fully saturated rings. The number of oxime groups is 1. The van der Waals surface area contributed by atoms with Crippen LogP contribution in [0.5, 0.6) is 5.75 Å². The topological polar surface area (TPSA) is 30.8 Å². The summed E-state index contributed by atoms with van der Waals surface area (Å²) in [6.45, 7) is 2.81. The Morgan fingerprint density at radius 1 is 0.800 bits per heavy atom. The number of rotatable bonds is 7. The molecule has 0 spiro atoms. The highest BCUT2D eigenvalue weighted by atomic mass is 16.6. The highest BCUT2D eigenvalue weighted by molar-refractivity contribution is 6.01. The van der Waals surface area contributed by atoms with Gasteiger partial charge in [0.05, 0.1) is 0 Å².